The lowest BCUT2D eigenvalue weighted by Gasteiger charge is -2.41. The monoisotopic (exact) mass is 604 g/mol. The molecule has 1 saturated carbocycles. The summed E-state index contributed by atoms with van der Waals surface area (Å²) in [6, 6.07) is 11.9. The van der Waals surface area contributed by atoms with Gasteiger partial charge < -0.3 is 29.0 Å². The number of hydrogen-bond acceptors (Lipinski definition) is 7. The van der Waals surface area contributed by atoms with Crippen LogP contribution < -0.4 is 14.5 Å². The van der Waals surface area contributed by atoms with Crippen molar-refractivity contribution in [2.45, 2.75) is 51.0 Å². The van der Waals surface area contributed by atoms with Gasteiger partial charge in [0.25, 0.3) is 5.91 Å². The Kier molecular flexibility index (Phi) is 8.37. The number of fused-ring (bicyclic) bond motifs is 2. The quantitative estimate of drug-likeness (QED) is 0.245. The number of benzene rings is 2. The van der Waals surface area contributed by atoms with E-state index in [4.69, 9.17) is 37.6 Å². The van der Waals surface area contributed by atoms with Crippen molar-refractivity contribution in [3.8, 4) is 6.01 Å². The van der Waals surface area contributed by atoms with Crippen molar-refractivity contribution in [3.63, 3.8) is 0 Å². The molecule has 2 fully saturated rings. The molecule has 9 nitrogen and oxygen atoms in total. The van der Waals surface area contributed by atoms with Crippen LogP contribution >= 0.6 is 11.6 Å². The van der Waals surface area contributed by atoms with Gasteiger partial charge >= 0.3 is 6.01 Å². The first-order valence-electron chi connectivity index (χ1n) is 14.7. The van der Waals surface area contributed by atoms with Gasteiger partial charge in [-0.3, -0.25) is 4.79 Å². The Morgan fingerprint density at radius 1 is 1.19 bits per heavy atom. The van der Waals surface area contributed by atoms with E-state index in [2.05, 4.69) is 39.4 Å². The Balaban J connectivity index is 1.32. The van der Waals surface area contributed by atoms with Crippen molar-refractivity contribution >= 4 is 39.8 Å². The van der Waals surface area contributed by atoms with Crippen LogP contribution in [-0.2, 0) is 22.5 Å². The minimum absolute atomic E-state index is 0.0534. The highest BCUT2D eigenvalue weighted by Crippen LogP contribution is 2.37. The molecular weight excluding hydrogens is 571 g/mol. The zero-order valence-electron chi connectivity index (χ0n) is 24.1. The summed E-state index contributed by atoms with van der Waals surface area (Å²) in [5.74, 6) is -1.06. The molecule has 1 aromatic heterocycles. The number of ether oxygens (including phenoxy) is 2. The van der Waals surface area contributed by atoms with Crippen molar-refractivity contribution in [3.05, 3.63) is 76.5 Å². The zero-order valence-corrected chi connectivity index (χ0v) is 24.9. The Bertz CT molecular complexity index is 1590. The molecular formula is C32H34ClFN6O3. The number of piperazine rings is 1. The number of nitrogens with zero attached hydrogens (tertiary/aromatic N) is 6. The van der Waals surface area contributed by atoms with Crippen LogP contribution in [0.2, 0.25) is 5.02 Å². The zero-order chi connectivity index (χ0) is 30.1. The van der Waals surface area contributed by atoms with Crippen LogP contribution in [0.25, 0.3) is 15.6 Å². The minimum atomic E-state index is -1.02. The van der Waals surface area contributed by atoms with Crippen LogP contribution in [0.5, 0.6) is 6.01 Å². The maximum Gasteiger partial charge on any atom is 0.318 e. The average molecular weight is 605 g/mol. The number of amides is 1. The SMILES string of the molecule is [C-]#[N+]C[C@H]1CN(c2nc(OC[C@@H](C)OC3CC3)nc3c2CCN(c2cccc4cccc(Cl)c24)C3)CCN1C(=O)C(=C)F. The van der Waals surface area contributed by atoms with Crippen LogP contribution in [0.4, 0.5) is 15.9 Å². The molecule has 2 aliphatic heterocycles. The van der Waals surface area contributed by atoms with Gasteiger partial charge in [0.05, 0.1) is 29.5 Å². The Morgan fingerprint density at radius 3 is 2.72 bits per heavy atom. The Hall–Kier alpha value is -3.94. The summed E-state index contributed by atoms with van der Waals surface area (Å²) >= 11 is 6.67. The van der Waals surface area contributed by atoms with Crippen LogP contribution in [0.15, 0.2) is 48.8 Å². The van der Waals surface area contributed by atoms with Crippen LogP contribution in [0.3, 0.4) is 0 Å². The lowest BCUT2D eigenvalue weighted by Crippen LogP contribution is -2.57. The van der Waals surface area contributed by atoms with E-state index in [1.165, 1.54) is 4.90 Å². The van der Waals surface area contributed by atoms with E-state index in [0.717, 1.165) is 52.9 Å². The summed E-state index contributed by atoms with van der Waals surface area (Å²) in [6.45, 7) is 15.3. The van der Waals surface area contributed by atoms with Gasteiger partial charge in [-0.2, -0.15) is 9.97 Å². The second kappa shape index (κ2) is 12.3. The van der Waals surface area contributed by atoms with Crippen molar-refractivity contribution in [1.82, 2.24) is 14.9 Å². The molecule has 0 radical (unpaired) electrons. The molecule has 1 saturated heterocycles. The molecule has 224 valence electrons. The molecule has 1 aliphatic carbocycles. The third kappa shape index (κ3) is 6.24. The highest BCUT2D eigenvalue weighted by Gasteiger charge is 2.36. The van der Waals surface area contributed by atoms with Gasteiger partial charge in [-0.05, 0) is 43.7 Å². The van der Waals surface area contributed by atoms with E-state index in [1.54, 1.807) is 0 Å². The minimum Gasteiger partial charge on any atom is -0.461 e. The maximum atomic E-state index is 13.8. The van der Waals surface area contributed by atoms with Crippen LogP contribution in [0, 0.1) is 6.57 Å². The molecule has 2 atom stereocenters. The fourth-order valence-electron chi connectivity index (χ4n) is 5.96. The van der Waals surface area contributed by atoms with Gasteiger partial charge in [-0.15, -0.1) is 0 Å². The van der Waals surface area contributed by atoms with Crippen molar-refractivity contribution in [2.75, 3.05) is 49.1 Å². The highest BCUT2D eigenvalue weighted by atomic mass is 35.5. The number of carbonyl (C=O) groups is 1. The molecule has 0 bridgehead atoms. The number of anilines is 2. The smallest absolute Gasteiger partial charge is 0.318 e. The number of halogens is 2. The molecule has 0 unspecified atom stereocenters. The summed E-state index contributed by atoms with van der Waals surface area (Å²) in [5.41, 5.74) is 2.90. The first-order chi connectivity index (χ1) is 20.8. The standard InChI is InChI=1S/C32H34ClFN6O3/c1-20(43-24-10-11-24)19-42-32-36-27-18-38(28-9-5-7-22-6-4-8-26(33)29(22)28)13-12-25(27)30(37-32)39-14-15-40(31(41)21(2)34)23(17-39)16-35-3/h4-9,20,23-24H,2,10-19H2,1H3/t20-,23+/m1/s1. The maximum absolute atomic E-state index is 13.8. The van der Waals surface area contributed by atoms with Crippen LogP contribution in [-0.4, -0.2) is 78.4 Å². The van der Waals surface area contributed by atoms with E-state index in [9.17, 15) is 9.18 Å². The first kappa shape index (κ1) is 29.1. The van der Waals surface area contributed by atoms with Crippen molar-refractivity contribution in [1.29, 1.82) is 0 Å². The fourth-order valence-corrected chi connectivity index (χ4v) is 6.23. The van der Waals surface area contributed by atoms with E-state index < -0.39 is 17.8 Å². The van der Waals surface area contributed by atoms with E-state index in [1.807, 2.05) is 25.1 Å². The second-order valence-corrected chi connectivity index (χ2v) is 11.7. The van der Waals surface area contributed by atoms with E-state index in [-0.39, 0.29) is 25.2 Å². The van der Waals surface area contributed by atoms with Gasteiger partial charge in [0.15, 0.2) is 5.83 Å². The number of carbonyl (C=O) groups excluding carboxylic acids is 1. The Morgan fingerprint density at radius 2 is 1.98 bits per heavy atom. The summed E-state index contributed by atoms with van der Waals surface area (Å²) in [6.07, 6.45) is 3.04. The largest absolute Gasteiger partial charge is 0.461 e. The predicted octanol–water partition coefficient (Wildman–Crippen LogP) is 5.21. The Labute approximate surface area is 255 Å². The van der Waals surface area contributed by atoms with Gasteiger partial charge in [-0.25, -0.2) is 11.0 Å². The second-order valence-electron chi connectivity index (χ2n) is 11.3. The predicted molar refractivity (Wildman–Crippen MR) is 164 cm³/mol. The highest BCUT2D eigenvalue weighted by molar-refractivity contribution is 6.36. The first-order valence-corrected chi connectivity index (χ1v) is 15.0. The molecule has 43 heavy (non-hydrogen) atoms. The van der Waals surface area contributed by atoms with Gasteiger partial charge in [0.1, 0.15) is 18.5 Å². The summed E-state index contributed by atoms with van der Waals surface area (Å²) in [5, 5.41) is 2.77. The lowest BCUT2D eigenvalue weighted by molar-refractivity contribution is -0.131. The van der Waals surface area contributed by atoms with Gasteiger partial charge in [-0.1, -0.05) is 42.4 Å². The number of aromatic nitrogens is 2. The molecule has 11 heteroatoms. The molecule has 1 amide bonds. The summed E-state index contributed by atoms with van der Waals surface area (Å²) in [4.78, 5) is 31.5. The summed E-state index contributed by atoms with van der Waals surface area (Å²) < 4.78 is 25.8. The average Bonchev–Trinajstić information content (AvgIpc) is 3.83. The summed E-state index contributed by atoms with van der Waals surface area (Å²) in [7, 11) is 0. The molecule has 3 aliphatic rings. The molecule has 0 N–H and O–H groups in total. The normalized spacial score (nSPS) is 19.1. The van der Waals surface area contributed by atoms with Gasteiger partial charge in [0.2, 0.25) is 6.54 Å². The van der Waals surface area contributed by atoms with Crippen molar-refractivity contribution in [2.24, 2.45) is 0 Å². The fraction of sp³-hybridized carbons (Fsp3) is 0.438. The van der Waals surface area contributed by atoms with Gasteiger partial charge in [0, 0.05) is 42.8 Å². The van der Waals surface area contributed by atoms with Crippen molar-refractivity contribution < 1.29 is 18.7 Å². The molecule has 0 spiro atoms. The molecule has 3 aromatic rings. The van der Waals surface area contributed by atoms with E-state index >= 15 is 0 Å². The molecule has 2 aromatic carbocycles. The van der Waals surface area contributed by atoms with E-state index in [0.29, 0.717) is 43.8 Å². The topological polar surface area (TPSA) is 75.4 Å². The third-order valence-corrected chi connectivity index (χ3v) is 8.48. The molecule has 6 rings (SSSR count). The third-order valence-electron chi connectivity index (χ3n) is 8.17. The molecule has 3 heterocycles. The number of rotatable bonds is 9. The lowest BCUT2D eigenvalue weighted by atomic mass is 10.0. The van der Waals surface area contributed by atoms with Crippen LogP contribution in [0.1, 0.15) is 31.0 Å². The number of hydrogen-bond donors (Lipinski definition) is 0.